The molecule has 1 aliphatic heterocycles. The highest BCUT2D eigenvalue weighted by Crippen LogP contribution is 2.66. The van der Waals surface area contributed by atoms with Crippen molar-refractivity contribution in [2.45, 2.75) is 50.4 Å². The smallest absolute Gasteiger partial charge is 0.250 e. The van der Waals surface area contributed by atoms with Crippen LogP contribution in [0.3, 0.4) is 0 Å². The number of aromatic nitrogens is 3. The van der Waals surface area contributed by atoms with Gasteiger partial charge in [-0.05, 0) is 43.4 Å². The van der Waals surface area contributed by atoms with Crippen molar-refractivity contribution in [2.75, 3.05) is 16.8 Å². The molecule has 6 rings (SSSR count). The Balaban J connectivity index is 1.47. The van der Waals surface area contributed by atoms with E-state index < -0.39 is 0 Å². The van der Waals surface area contributed by atoms with E-state index in [4.69, 9.17) is 4.98 Å². The molecule has 4 atom stereocenters. The third kappa shape index (κ3) is 2.60. The molecule has 3 heterocycles. The van der Waals surface area contributed by atoms with E-state index in [0.717, 1.165) is 30.7 Å². The summed E-state index contributed by atoms with van der Waals surface area (Å²) in [6, 6.07) is 13.1. The summed E-state index contributed by atoms with van der Waals surface area (Å²) in [4.78, 5) is 25.7. The lowest BCUT2D eigenvalue weighted by molar-refractivity contribution is -0.113. The van der Waals surface area contributed by atoms with E-state index in [1.165, 1.54) is 18.1 Å². The second-order valence-electron chi connectivity index (χ2n) is 9.43. The van der Waals surface area contributed by atoms with Gasteiger partial charge in [0, 0.05) is 24.5 Å². The molecule has 0 bridgehead atoms. The van der Waals surface area contributed by atoms with Gasteiger partial charge in [0.15, 0.2) is 5.65 Å². The van der Waals surface area contributed by atoms with Crippen LogP contribution in [0.15, 0.2) is 55.3 Å². The lowest BCUT2D eigenvalue weighted by Gasteiger charge is -2.68. The minimum Gasteiger partial charge on any atom is -0.393 e. The van der Waals surface area contributed by atoms with Crippen molar-refractivity contribution in [1.82, 2.24) is 14.5 Å². The quantitative estimate of drug-likeness (QED) is 0.631. The molecule has 3 aliphatic rings. The van der Waals surface area contributed by atoms with Gasteiger partial charge in [-0.25, -0.2) is 4.98 Å². The molecule has 2 aliphatic carbocycles. The second-order valence-corrected chi connectivity index (χ2v) is 9.43. The van der Waals surface area contributed by atoms with Crippen LogP contribution in [0.5, 0.6) is 0 Å². The first-order valence-electron chi connectivity index (χ1n) is 11.3. The van der Waals surface area contributed by atoms with Crippen LogP contribution in [0, 0.1) is 5.41 Å². The predicted molar refractivity (Wildman–Crippen MR) is 124 cm³/mol. The monoisotopic (exact) mass is 429 g/mol. The van der Waals surface area contributed by atoms with Crippen LogP contribution >= 0.6 is 0 Å². The third-order valence-electron chi connectivity index (χ3n) is 7.87. The van der Waals surface area contributed by atoms with E-state index in [1.54, 1.807) is 18.1 Å². The Hall–Kier alpha value is -3.19. The standard InChI is InChI=1S/C25H27N5O2/c1-3-22(32)28(2)17-11-19-23(26-14-17)27-24(29(19)15-16-7-5-4-6-8-16)30-20-9-10-25(20)13-18(31)12-21(25)30/h3-8,11,14,18,20-21,31H,1,9-10,12-13,15H2,2H3. The fourth-order valence-corrected chi connectivity index (χ4v) is 6.19. The fraction of sp³-hybridized carbons (Fsp3) is 0.400. The van der Waals surface area contributed by atoms with Gasteiger partial charge in [0.1, 0.15) is 0 Å². The maximum absolute atomic E-state index is 12.2. The largest absolute Gasteiger partial charge is 0.393 e. The summed E-state index contributed by atoms with van der Waals surface area (Å²) in [5, 5.41) is 10.4. The Morgan fingerprint density at radius 2 is 2.16 bits per heavy atom. The van der Waals surface area contributed by atoms with Gasteiger partial charge in [-0.3, -0.25) is 4.79 Å². The van der Waals surface area contributed by atoms with E-state index in [0.29, 0.717) is 30.0 Å². The number of rotatable bonds is 5. The number of nitrogens with zero attached hydrogens (tertiary/aromatic N) is 5. The van der Waals surface area contributed by atoms with Crippen molar-refractivity contribution in [3.63, 3.8) is 0 Å². The predicted octanol–water partition coefficient (Wildman–Crippen LogP) is 3.12. The number of anilines is 2. The first-order chi connectivity index (χ1) is 15.5. The maximum atomic E-state index is 12.2. The number of amides is 1. The van der Waals surface area contributed by atoms with E-state index in [9.17, 15) is 9.90 Å². The SMILES string of the molecule is C=CC(=O)N(C)c1cnc2nc(N3C4CCC45CC(O)CC35)n(Cc3ccccc3)c2c1. The van der Waals surface area contributed by atoms with Gasteiger partial charge >= 0.3 is 0 Å². The normalized spacial score (nSPS) is 27.9. The van der Waals surface area contributed by atoms with Crippen LogP contribution in [0.4, 0.5) is 11.6 Å². The average Bonchev–Trinajstić information content (AvgIpc) is 3.33. The number of aliphatic hydroxyl groups excluding tert-OH is 1. The number of likely N-dealkylation sites (N-methyl/N-ethyl adjacent to an activating group) is 1. The summed E-state index contributed by atoms with van der Waals surface area (Å²) < 4.78 is 2.22. The van der Waals surface area contributed by atoms with E-state index in [-0.39, 0.29) is 17.4 Å². The van der Waals surface area contributed by atoms with Gasteiger partial charge in [0.2, 0.25) is 11.9 Å². The van der Waals surface area contributed by atoms with Gasteiger partial charge in [0.05, 0.1) is 30.0 Å². The number of imidazole rings is 1. The van der Waals surface area contributed by atoms with E-state index in [1.807, 2.05) is 24.3 Å². The second kappa shape index (κ2) is 6.90. The van der Waals surface area contributed by atoms with Gasteiger partial charge in [-0.2, -0.15) is 4.98 Å². The van der Waals surface area contributed by atoms with Gasteiger partial charge in [-0.15, -0.1) is 0 Å². The van der Waals surface area contributed by atoms with Crippen LogP contribution in [-0.4, -0.2) is 50.8 Å². The molecule has 4 unspecified atom stereocenters. The van der Waals surface area contributed by atoms with Crippen molar-refractivity contribution >= 4 is 28.7 Å². The lowest BCUT2D eigenvalue weighted by atomic mass is 9.53. The van der Waals surface area contributed by atoms with Crippen molar-refractivity contribution in [3.8, 4) is 0 Å². The number of piperidine rings is 1. The zero-order valence-corrected chi connectivity index (χ0v) is 18.2. The number of hydrogen-bond acceptors (Lipinski definition) is 5. The Morgan fingerprint density at radius 1 is 1.34 bits per heavy atom. The lowest BCUT2D eigenvalue weighted by Crippen LogP contribution is -2.75. The van der Waals surface area contributed by atoms with Crippen LogP contribution in [0.2, 0.25) is 0 Å². The van der Waals surface area contributed by atoms with Gasteiger partial charge in [0.25, 0.3) is 0 Å². The molecule has 7 heteroatoms. The average molecular weight is 430 g/mol. The fourth-order valence-electron chi connectivity index (χ4n) is 6.19. The third-order valence-corrected chi connectivity index (χ3v) is 7.87. The van der Waals surface area contributed by atoms with Crippen molar-refractivity contribution in [2.24, 2.45) is 5.41 Å². The minimum atomic E-state index is -0.219. The molecule has 1 aromatic carbocycles. The number of aliphatic hydroxyl groups is 1. The summed E-state index contributed by atoms with van der Waals surface area (Å²) in [5.41, 5.74) is 3.74. The van der Waals surface area contributed by atoms with Gasteiger partial charge in [-0.1, -0.05) is 36.9 Å². The Morgan fingerprint density at radius 3 is 2.88 bits per heavy atom. The Kier molecular flexibility index (Phi) is 4.21. The molecule has 1 spiro atoms. The van der Waals surface area contributed by atoms with Gasteiger partial charge < -0.3 is 19.5 Å². The van der Waals surface area contributed by atoms with Crippen molar-refractivity contribution in [1.29, 1.82) is 0 Å². The molecule has 1 N–H and O–H groups in total. The van der Waals surface area contributed by atoms with Crippen LogP contribution in [0.25, 0.3) is 11.2 Å². The minimum absolute atomic E-state index is 0.178. The molecule has 3 aromatic rings. The number of carbonyl (C=O) groups is 1. The summed E-state index contributed by atoms with van der Waals surface area (Å²) in [6.45, 7) is 4.26. The Labute approximate surface area is 187 Å². The number of pyridine rings is 1. The molecule has 1 amide bonds. The number of benzene rings is 1. The topological polar surface area (TPSA) is 74.5 Å². The Bertz CT molecular complexity index is 1220. The zero-order chi connectivity index (χ0) is 22.0. The summed E-state index contributed by atoms with van der Waals surface area (Å²) >= 11 is 0. The first kappa shape index (κ1) is 19.5. The molecule has 2 aromatic heterocycles. The molecular weight excluding hydrogens is 402 g/mol. The highest BCUT2D eigenvalue weighted by atomic mass is 16.3. The van der Waals surface area contributed by atoms with E-state index in [2.05, 4.69) is 33.2 Å². The highest BCUT2D eigenvalue weighted by molar-refractivity contribution is 6.01. The summed E-state index contributed by atoms with van der Waals surface area (Å²) in [5.74, 6) is 0.744. The summed E-state index contributed by atoms with van der Waals surface area (Å²) in [7, 11) is 1.73. The molecule has 32 heavy (non-hydrogen) atoms. The van der Waals surface area contributed by atoms with Crippen molar-refractivity contribution in [3.05, 3.63) is 60.8 Å². The van der Waals surface area contributed by atoms with Crippen LogP contribution < -0.4 is 9.80 Å². The molecule has 3 fully saturated rings. The molecule has 1 saturated heterocycles. The van der Waals surface area contributed by atoms with E-state index >= 15 is 0 Å². The van der Waals surface area contributed by atoms with Crippen molar-refractivity contribution < 1.29 is 9.90 Å². The molecular formula is C25H27N5O2. The number of carbonyl (C=O) groups excluding carboxylic acids is 1. The maximum Gasteiger partial charge on any atom is 0.250 e. The van der Waals surface area contributed by atoms with Crippen LogP contribution in [0.1, 0.15) is 31.2 Å². The summed E-state index contributed by atoms with van der Waals surface area (Å²) in [6.07, 6.45) is 6.84. The molecule has 2 saturated carbocycles. The highest BCUT2D eigenvalue weighted by Gasteiger charge is 2.70. The number of hydrogen-bond donors (Lipinski definition) is 1. The first-order valence-corrected chi connectivity index (χ1v) is 11.3. The zero-order valence-electron chi connectivity index (χ0n) is 18.2. The molecule has 7 nitrogen and oxygen atoms in total. The molecule has 0 radical (unpaired) electrons. The molecule has 164 valence electrons. The number of fused-ring (bicyclic) bond motifs is 1. The van der Waals surface area contributed by atoms with Crippen LogP contribution in [-0.2, 0) is 11.3 Å².